The predicted octanol–water partition coefficient (Wildman–Crippen LogP) is 2.95. The highest BCUT2D eigenvalue weighted by atomic mass is 16.5. The van der Waals surface area contributed by atoms with Crippen molar-refractivity contribution in [2.45, 2.75) is 37.7 Å². The second kappa shape index (κ2) is 5.32. The highest BCUT2D eigenvalue weighted by Crippen LogP contribution is 2.40. The van der Waals surface area contributed by atoms with E-state index in [0.717, 1.165) is 31.2 Å². The number of benzene rings is 1. The highest BCUT2D eigenvalue weighted by molar-refractivity contribution is 5.68. The van der Waals surface area contributed by atoms with Gasteiger partial charge in [0.25, 0.3) is 0 Å². The zero-order valence-electron chi connectivity index (χ0n) is 9.89. The number of hydrogen-bond acceptors (Lipinski definition) is 2. The topological polar surface area (TPSA) is 46.5 Å². The first kappa shape index (κ1) is 12.1. The molecule has 0 heterocycles. The van der Waals surface area contributed by atoms with Gasteiger partial charge < -0.3 is 9.84 Å². The molecule has 0 aliphatic heterocycles. The number of aliphatic carboxylic acids is 1. The Morgan fingerprint density at radius 2 is 1.82 bits per heavy atom. The minimum Gasteiger partial charge on any atom is -0.480 e. The van der Waals surface area contributed by atoms with Gasteiger partial charge in [-0.2, -0.15) is 0 Å². The first-order valence-corrected chi connectivity index (χ1v) is 6.14. The Balaban J connectivity index is 2.20. The van der Waals surface area contributed by atoms with Crippen LogP contribution in [-0.2, 0) is 15.1 Å². The van der Waals surface area contributed by atoms with Crippen molar-refractivity contribution in [1.82, 2.24) is 0 Å². The third-order valence-corrected chi connectivity index (χ3v) is 3.43. The fourth-order valence-corrected chi connectivity index (χ4v) is 2.58. The molecule has 17 heavy (non-hydrogen) atoms. The number of carboxylic acids is 1. The van der Waals surface area contributed by atoms with Gasteiger partial charge in [-0.25, -0.2) is 4.79 Å². The number of carboxylic acid groups (broad SMARTS) is 1. The summed E-state index contributed by atoms with van der Waals surface area (Å²) in [5.41, 5.74) is 0.735. The van der Waals surface area contributed by atoms with Gasteiger partial charge in [-0.05, 0) is 18.4 Å². The van der Waals surface area contributed by atoms with E-state index in [2.05, 4.69) is 0 Å². The van der Waals surface area contributed by atoms with Gasteiger partial charge in [0.1, 0.15) is 6.61 Å². The molecule has 3 heteroatoms. The van der Waals surface area contributed by atoms with E-state index in [1.807, 2.05) is 30.3 Å². The van der Waals surface area contributed by atoms with E-state index in [4.69, 9.17) is 9.84 Å². The maximum Gasteiger partial charge on any atom is 0.329 e. The van der Waals surface area contributed by atoms with Gasteiger partial charge in [0.2, 0.25) is 0 Å². The number of carbonyl (C=O) groups is 1. The van der Waals surface area contributed by atoms with Gasteiger partial charge in [-0.15, -0.1) is 0 Å². The summed E-state index contributed by atoms with van der Waals surface area (Å²) in [6.45, 7) is -0.213. The summed E-state index contributed by atoms with van der Waals surface area (Å²) in [6, 6.07) is 10.0. The molecular weight excluding hydrogens is 216 g/mol. The molecule has 0 unspecified atom stereocenters. The van der Waals surface area contributed by atoms with Gasteiger partial charge >= 0.3 is 5.97 Å². The van der Waals surface area contributed by atoms with Crippen LogP contribution in [0.1, 0.15) is 37.7 Å². The lowest BCUT2D eigenvalue weighted by Gasteiger charge is -2.37. The van der Waals surface area contributed by atoms with E-state index in [-0.39, 0.29) is 12.2 Å². The third-order valence-electron chi connectivity index (χ3n) is 3.43. The van der Waals surface area contributed by atoms with E-state index in [0.29, 0.717) is 0 Å². The average Bonchev–Trinajstić information content (AvgIpc) is 2.39. The number of rotatable bonds is 4. The lowest BCUT2D eigenvalue weighted by molar-refractivity contribution is -0.153. The molecule has 0 radical (unpaired) electrons. The molecule has 1 aromatic carbocycles. The Kier molecular flexibility index (Phi) is 3.79. The molecule has 0 bridgehead atoms. The zero-order valence-corrected chi connectivity index (χ0v) is 9.89. The predicted molar refractivity (Wildman–Crippen MR) is 64.8 cm³/mol. The van der Waals surface area contributed by atoms with Gasteiger partial charge in [0.05, 0.1) is 5.60 Å². The molecule has 1 aromatic rings. The van der Waals surface area contributed by atoms with Gasteiger partial charge in [0.15, 0.2) is 0 Å². The van der Waals surface area contributed by atoms with Crippen LogP contribution in [0, 0.1) is 0 Å². The molecule has 3 nitrogen and oxygen atoms in total. The number of ether oxygens (including phenoxy) is 1. The van der Waals surface area contributed by atoms with Crippen molar-refractivity contribution in [1.29, 1.82) is 0 Å². The van der Waals surface area contributed by atoms with Crippen LogP contribution in [0.3, 0.4) is 0 Å². The van der Waals surface area contributed by atoms with Crippen molar-refractivity contribution in [2.24, 2.45) is 0 Å². The number of hydrogen-bond donors (Lipinski definition) is 1. The molecule has 2 rings (SSSR count). The highest BCUT2D eigenvalue weighted by Gasteiger charge is 2.35. The summed E-state index contributed by atoms with van der Waals surface area (Å²) in [6.07, 6.45) is 5.27. The second-order valence-corrected chi connectivity index (χ2v) is 4.60. The van der Waals surface area contributed by atoms with Crippen LogP contribution in [0.5, 0.6) is 0 Å². The molecule has 0 aromatic heterocycles. The molecular formula is C14H18O3. The molecule has 1 fully saturated rings. The van der Waals surface area contributed by atoms with Crippen LogP contribution < -0.4 is 0 Å². The maximum atomic E-state index is 10.7. The standard InChI is InChI=1S/C14H18O3/c15-13(16)11-17-14(9-5-2-6-10-14)12-7-3-1-4-8-12/h1,3-4,7-8H,2,5-6,9-11H2,(H,15,16). The lowest BCUT2D eigenvalue weighted by atomic mass is 9.79. The Morgan fingerprint density at radius 3 is 2.41 bits per heavy atom. The minimum absolute atomic E-state index is 0.213. The van der Waals surface area contributed by atoms with E-state index < -0.39 is 5.97 Å². The summed E-state index contributed by atoms with van der Waals surface area (Å²) in [7, 11) is 0. The van der Waals surface area contributed by atoms with Crippen LogP contribution in [0.2, 0.25) is 0 Å². The molecule has 0 amide bonds. The van der Waals surface area contributed by atoms with Crippen LogP contribution in [0.15, 0.2) is 30.3 Å². The summed E-state index contributed by atoms with van der Waals surface area (Å²) in [4.78, 5) is 10.7. The fraction of sp³-hybridized carbons (Fsp3) is 0.500. The van der Waals surface area contributed by atoms with Crippen molar-refractivity contribution in [2.75, 3.05) is 6.61 Å². The Morgan fingerprint density at radius 1 is 1.18 bits per heavy atom. The minimum atomic E-state index is -0.897. The smallest absolute Gasteiger partial charge is 0.329 e. The maximum absolute atomic E-state index is 10.7. The van der Waals surface area contributed by atoms with Gasteiger partial charge in [0, 0.05) is 0 Å². The van der Waals surface area contributed by atoms with Crippen molar-refractivity contribution in [3.05, 3.63) is 35.9 Å². The molecule has 92 valence electrons. The molecule has 0 spiro atoms. The molecule has 0 saturated heterocycles. The summed E-state index contributed by atoms with van der Waals surface area (Å²) < 4.78 is 5.72. The largest absolute Gasteiger partial charge is 0.480 e. The lowest BCUT2D eigenvalue weighted by Crippen LogP contribution is -2.34. The first-order valence-electron chi connectivity index (χ1n) is 6.14. The van der Waals surface area contributed by atoms with E-state index >= 15 is 0 Å². The summed E-state index contributed by atoms with van der Waals surface area (Å²) >= 11 is 0. The Bertz CT molecular complexity index is 366. The quantitative estimate of drug-likeness (QED) is 0.871. The van der Waals surface area contributed by atoms with Gasteiger partial charge in [-0.3, -0.25) is 0 Å². The van der Waals surface area contributed by atoms with Crippen molar-refractivity contribution < 1.29 is 14.6 Å². The van der Waals surface area contributed by atoms with E-state index in [9.17, 15) is 4.79 Å². The van der Waals surface area contributed by atoms with Gasteiger partial charge in [-0.1, -0.05) is 49.6 Å². The van der Waals surface area contributed by atoms with E-state index in [1.54, 1.807) is 0 Å². The normalized spacial score (nSPS) is 18.8. The van der Waals surface area contributed by atoms with E-state index in [1.165, 1.54) is 6.42 Å². The molecule has 1 aliphatic carbocycles. The molecule has 0 atom stereocenters. The van der Waals surface area contributed by atoms with Crippen LogP contribution in [0.4, 0.5) is 0 Å². The molecule has 1 N–H and O–H groups in total. The van der Waals surface area contributed by atoms with Crippen LogP contribution in [0.25, 0.3) is 0 Å². The van der Waals surface area contributed by atoms with Crippen LogP contribution in [-0.4, -0.2) is 17.7 Å². The van der Waals surface area contributed by atoms with Crippen molar-refractivity contribution >= 4 is 5.97 Å². The Labute approximate surface area is 101 Å². The summed E-state index contributed by atoms with van der Waals surface area (Å²) in [5, 5.41) is 8.78. The average molecular weight is 234 g/mol. The van der Waals surface area contributed by atoms with Crippen LogP contribution >= 0.6 is 0 Å². The zero-order chi connectivity index (χ0) is 12.1. The van der Waals surface area contributed by atoms with Crippen molar-refractivity contribution in [3.8, 4) is 0 Å². The second-order valence-electron chi connectivity index (χ2n) is 4.60. The molecule has 1 saturated carbocycles. The Hall–Kier alpha value is -1.35. The first-order chi connectivity index (χ1) is 8.23. The fourth-order valence-electron chi connectivity index (χ4n) is 2.58. The van der Waals surface area contributed by atoms with Crippen molar-refractivity contribution in [3.63, 3.8) is 0 Å². The SMILES string of the molecule is O=C(O)COC1(c2ccccc2)CCCCC1. The summed E-state index contributed by atoms with van der Waals surface area (Å²) in [5.74, 6) is -0.897. The monoisotopic (exact) mass is 234 g/mol. The third kappa shape index (κ3) is 2.86. The molecule has 1 aliphatic rings.